The van der Waals surface area contributed by atoms with E-state index in [-0.39, 0.29) is 42.8 Å². The van der Waals surface area contributed by atoms with Gasteiger partial charge in [-0.3, -0.25) is 33.8 Å². The number of amides is 4. The van der Waals surface area contributed by atoms with E-state index < -0.39 is 99.9 Å². The number of nitrogens with zero attached hydrogens (tertiary/aromatic N) is 2. The van der Waals surface area contributed by atoms with Gasteiger partial charge in [0.2, 0.25) is 23.7 Å². The third-order valence-electron chi connectivity index (χ3n) is 10.5. The Morgan fingerprint density at radius 3 is 2.32 bits per heavy atom. The van der Waals surface area contributed by atoms with E-state index in [2.05, 4.69) is 25.7 Å². The highest BCUT2D eigenvalue weighted by Crippen LogP contribution is 2.42. The number of rotatable bonds is 16. The highest BCUT2D eigenvalue weighted by atomic mass is 32.2. The fourth-order valence-corrected chi connectivity index (χ4v) is 8.94. The van der Waals surface area contributed by atoms with Crippen LogP contribution in [0.1, 0.15) is 99.3 Å². The summed E-state index contributed by atoms with van der Waals surface area (Å²) >= 11 is 0. The van der Waals surface area contributed by atoms with Crippen molar-refractivity contribution in [2.75, 3.05) is 19.6 Å². The number of carboxylic acids is 1. The van der Waals surface area contributed by atoms with Gasteiger partial charge in [0.15, 0.2) is 0 Å². The maximum Gasteiger partial charge on any atom is 0.322 e. The van der Waals surface area contributed by atoms with Gasteiger partial charge in [-0.25, -0.2) is 13.1 Å². The van der Waals surface area contributed by atoms with Crippen LogP contribution in [-0.4, -0.2) is 115 Å². The van der Waals surface area contributed by atoms with Gasteiger partial charge < -0.3 is 46.9 Å². The number of fused-ring (bicyclic) bond motifs is 1. The number of aliphatic carboxylic acids is 1. The summed E-state index contributed by atoms with van der Waals surface area (Å²) in [5.74, 6) is -4.59. The van der Waals surface area contributed by atoms with E-state index in [0.717, 1.165) is 5.56 Å². The van der Waals surface area contributed by atoms with Crippen molar-refractivity contribution in [3.8, 4) is 5.75 Å². The van der Waals surface area contributed by atoms with Crippen LogP contribution in [0.2, 0.25) is 0 Å². The summed E-state index contributed by atoms with van der Waals surface area (Å²) in [5, 5.41) is 16.8. The van der Waals surface area contributed by atoms with Gasteiger partial charge in [0, 0.05) is 24.7 Å². The number of nitrogens with one attached hydrogen (secondary N) is 4. The lowest BCUT2D eigenvalue weighted by atomic mass is 9.88. The average Bonchev–Trinajstić information content (AvgIpc) is 3.59. The monoisotopic (exact) mass is 884 g/mol. The van der Waals surface area contributed by atoms with Crippen LogP contribution in [0.4, 0.5) is 0 Å². The average molecular weight is 885 g/mol. The van der Waals surface area contributed by atoms with Crippen molar-refractivity contribution in [1.82, 2.24) is 25.6 Å². The lowest BCUT2D eigenvalue weighted by Crippen LogP contribution is -2.53. The number of sulfonamides is 1. The maximum atomic E-state index is 14.0. The number of likely N-dealkylation sites (tertiary alicyclic amines) is 1. The lowest BCUT2D eigenvalue weighted by Gasteiger charge is -2.35. The topological polar surface area (TPSA) is 291 Å². The molecule has 2 aliphatic rings. The number of carbonyl (C=O) groups is 6. The normalized spacial score (nSPS) is 18.3. The molecule has 0 saturated carbocycles. The fourth-order valence-electron chi connectivity index (χ4n) is 7.41. The molecule has 0 radical (unpaired) electrons. The first kappa shape index (κ1) is 48.9. The molecule has 4 rings (SSSR count). The standard InChI is InChI=1S/C42H60N8O11S/c1-23-24(2)35(25(3)28-16-17-42(7,8)61-34(23)28)62(58,59)49-40(44)45-18-12-15-30(37(55)46-21-32(51)52)48-38(56)31-19-27(22-50(31)39(57)26-13-10-9-11-14-26)47-36(54)29(43)20-33(53)60-41(4,5)6/h9-11,13-14,27,29-31H,12,15-22,43H2,1-8H3,(H,46,55)(H,47,54)(H,48,56)(H,51,52)(H3,44,45,49)/t27-,29-,30-,31-/m0/s1. The Hall–Kier alpha value is -5.76. The molecule has 62 heavy (non-hydrogen) atoms. The Kier molecular flexibility index (Phi) is 15.7. The molecule has 4 amide bonds. The molecule has 2 aromatic rings. The Labute approximate surface area is 362 Å². The van der Waals surface area contributed by atoms with Gasteiger partial charge in [-0.2, -0.15) is 0 Å². The van der Waals surface area contributed by atoms with Gasteiger partial charge in [0.05, 0.1) is 17.4 Å². The highest BCUT2D eigenvalue weighted by Gasteiger charge is 2.42. The molecule has 0 aromatic heterocycles. The number of esters is 1. The minimum atomic E-state index is -4.20. The number of nitrogens with two attached hydrogens (primary N) is 2. The summed E-state index contributed by atoms with van der Waals surface area (Å²) in [7, 11) is -4.20. The third kappa shape index (κ3) is 12.9. The van der Waals surface area contributed by atoms with E-state index >= 15 is 0 Å². The number of hydrogen-bond donors (Lipinski definition) is 7. The Morgan fingerprint density at radius 1 is 1.03 bits per heavy atom. The Morgan fingerprint density at radius 2 is 1.69 bits per heavy atom. The van der Waals surface area contributed by atoms with Crippen molar-refractivity contribution in [1.29, 1.82) is 0 Å². The molecular weight excluding hydrogens is 825 g/mol. The van der Waals surface area contributed by atoms with Crippen molar-refractivity contribution >= 4 is 51.6 Å². The SMILES string of the molecule is Cc1c(C)c(S(=O)(=O)NC(N)=NCCC[C@H](NC(=O)[C@@H]2C[C@H](NC(=O)[C@@H](N)CC(=O)OC(C)(C)C)CN2C(=O)c2ccccc2)C(=O)NCC(=O)O)c(C)c2c1OC(C)(C)CC2. The van der Waals surface area contributed by atoms with Crippen molar-refractivity contribution in [3.05, 3.63) is 58.1 Å². The summed E-state index contributed by atoms with van der Waals surface area (Å²) in [6, 6.07) is 3.51. The molecule has 0 bridgehead atoms. The van der Waals surface area contributed by atoms with Gasteiger partial charge in [0.1, 0.15) is 35.6 Å². The largest absolute Gasteiger partial charge is 0.487 e. The molecule has 0 unspecified atom stereocenters. The predicted octanol–water partition coefficient (Wildman–Crippen LogP) is 1.23. The number of ether oxygens (including phenoxy) is 2. The molecule has 0 spiro atoms. The van der Waals surface area contributed by atoms with E-state index in [9.17, 15) is 42.3 Å². The molecule has 1 saturated heterocycles. The van der Waals surface area contributed by atoms with Crippen molar-refractivity contribution in [2.45, 2.75) is 134 Å². The van der Waals surface area contributed by atoms with E-state index in [1.807, 2.05) is 20.8 Å². The van der Waals surface area contributed by atoms with Crippen molar-refractivity contribution in [3.63, 3.8) is 0 Å². The number of carboxylic acid groups (broad SMARTS) is 1. The molecule has 2 aliphatic heterocycles. The zero-order valence-corrected chi connectivity index (χ0v) is 37.4. The molecule has 9 N–H and O–H groups in total. The minimum Gasteiger partial charge on any atom is -0.487 e. The number of guanidine groups is 1. The van der Waals surface area contributed by atoms with Crippen LogP contribution in [0.3, 0.4) is 0 Å². The Bertz CT molecular complexity index is 2190. The molecule has 340 valence electrons. The smallest absolute Gasteiger partial charge is 0.322 e. The van der Waals surface area contributed by atoms with Gasteiger partial charge in [0.25, 0.3) is 15.9 Å². The van der Waals surface area contributed by atoms with E-state index in [1.165, 1.54) is 4.90 Å². The maximum absolute atomic E-state index is 14.0. The fraction of sp³-hybridized carbons (Fsp3) is 0.548. The first-order valence-electron chi connectivity index (χ1n) is 20.4. The number of benzene rings is 2. The van der Waals surface area contributed by atoms with Crippen molar-refractivity contribution in [2.24, 2.45) is 16.5 Å². The third-order valence-corrected chi connectivity index (χ3v) is 12.2. The second-order valence-electron chi connectivity index (χ2n) is 17.2. The van der Waals surface area contributed by atoms with Crippen LogP contribution < -0.4 is 36.9 Å². The summed E-state index contributed by atoms with van der Waals surface area (Å²) in [6.07, 6.45) is 0.801. The van der Waals surface area contributed by atoms with Gasteiger partial charge in [-0.05, 0) is 122 Å². The molecule has 1 fully saturated rings. The van der Waals surface area contributed by atoms with E-state index in [0.29, 0.717) is 35.3 Å². The lowest BCUT2D eigenvalue weighted by molar-refractivity contribution is -0.156. The Balaban J connectivity index is 1.48. The minimum absolute atomic E-state index is 0.0720. The first-order valence-corrected chi connectivity index (χ1v) is 21.9. The molecule has 20 heteroatoms. The van der Waals surface area contributed by atoms with Gasteiger partial charge in [-0.15, -0.1) is 0 Å². The van der Waals surface area contributed by atoms with Gasteiger partial charge >= 0.3 is 11.9 Å². The van der Waals surface area contributed by atoms with Crippen LogP contribution in [0.5, 0.6) is 5.75 Å². The van der Waals surface area contributed by atoms with Crippen LogP contribution in [-0.2, 0) is 45.2 Å². The number of carbonyl (C=O) groups excluding carboxylic acids is 5. The molecule has 4 atom stereocenters. The second-order valence-corrected chi connectivity index (χ2v) is 18.9. The molecule has 19 nitrogen and oxygen atoms in total. The zero-order valence-electron chi connectivity index (χ0n) is 36.5. The molecular formula is C42H60N8O11S. The quantitative estimate of drug-likeness (QED) is 0.0541. The van der Waals surface area contributed by atoms with Gasteiger partial charge in [-0.1, -0.05) is 18.2 Å². The van der Waals surface area contributed by atoms with Crippen LogP contribution >= 0.6 is 0 Å². The first-order chi connectivity index (χ1) is 28.8. The van der Waals surface area contributed by atoms with Crippen molar-refractivity contribution < 1.29 is 51.8 Å². The molecule has 0 aliphatic carbocycles. The predicted molar refractivity (Wildman–Crippen MR) is 229 cm³/mol. The summed E-state index contributed by atoms with van der Waals surface area (Å²) < 4.78 is 41.2. The highest BCUT2D eigenvalue weighted by molar-refractivity contribution is 7.90. The second kappa shape index (κ2) is 20.0. The summed E-state index contributed by atoms with van der Waals surface area (Å²) in [4.78, 5) is 83.1. The zero-order chi connectivity index (χ0) is 46.3. The van der Waals surface area contributed by atoms with E-state index in [1.54, 1.807) is 65.0 Å². The van der Waals surface area contributed by atoms with Crippen LogP contribution in [0, 0.1) is 20.8 Å². The number of hydrogen-bond acceptors (Lipinski definition) is 12. The summed E-state index contributed by atoms with van der Waals surface area (Å²) in [6.45, 7) is 13.2. The number of aliphatic imine (C=N–C) groups is 1. The van der Waals surface area contributed by atoms with Crippen LogP contribution in [0.15, 0.2) is 40.2 Å². The summed E-state index contributed by atoms with van der Waals surface area (Å²) in [5.41, 5.74) is 13.7. The molecule has 2 aromatic carbocycles. The van der Waals surface area contributed by atoms with Crippen LogP contribution in [0.25, 0.3) is 0 Å². The molecule has 2 heterocycles. The van der Waals surface area contributed by atoms with E-state index in [4.69, 9.17) is 20.9 Å².